The van der Waals surface area contributed by atoms with Gasteiger partial charge in [0.1, 0.15) is 0 Å². The van der Waals surface area contributed by atoms with Gasteiger partial charge < -0.3 is 5.32 Å². The molecule has 3 nitrogen and oxygen atoms in total. The zero-order chi connectivity index (χ0) is 13.2. The number of amides is 1. The van der Waals surface area contributed by atoms with Gasteiger partial charge in [-0.25, -0.2) is 0 Å². The second-order valence-electron chi connectivity index (χ2n) is 4.57. The number of carbonyl (C=O) groups excluding carboxylic acids is 2. The quantitative estimate of drug-likeness (QED) is 0.912. The molecule has 0 saturated heterocycles. The molecule has 1 aliphatic rings. The van der Waals surface area contributed by atoms with Crippen LogP contribution in [0.3, 0.4) is 0 Å². The van der Waals surface area contributed by atoms with E-state index in [-0.39, 0.29) is 17.7 Å². The van der Waals surface area contributed by atoms with Gasteiger partial charge in [-0.1, -0.05) is 18.2 Å². The smallest absolute Gasteiger partial charge is 0.251 e. The van der Waals surface area contributed by atoms with Crippen LogP contribution in [0.5, 0.6) is 0 Å². The fourth-order valence-electron chi connectivity index (χ4n) is 2.31. The van der Waals surface area contributed by atoms with Crippen molar-refractivity contribution in [2.75, 3.05) is 0 Å². The molecule has 3 rings (SSSR count). The predicted octanol–water partition coefficient (Wildman–Crippen LogP) is 2.68. The van der Waals surface area contributed by atoms with Crippen molar-refractivity contribution in [3.8, 4) is 0 Å². The molecule has 1 atom stereocenters. The molecule has 2 aromatic rings. The minimum Gasteiger partial charge on any atom is -0.342 e. The molecule has 96 valence electrons. The van der Waals surface area contributed by atoms with E-state index in [1.807, 2.05) is 29.6 Å². The standard InChI is InChI=1S/C15H13NO2S/c17-13-12(7-6-10-8-9-19-14(10)13)16-15(18)11-4-2-1-3-5-11/h1-5,8-9,12H,6-7H2,(H,16,18). The van der Waals surface area contributed by atoms with E-state index < -0.39 is 0 Å². The molecule has 0 radical (unpaired) electrons. The van der Waals surface area contributed by atoms with Crippen LogP contribution in [0, 0.1) is 0 Å². The molecule has 1 aromatic heterocycles. The molecule has 0 bridgehead atoms. The predicted molar refractivity (Wildman–Crippen MR) is 74.7 cm³/mol. The Hall–Kier alpha value is -1.94. The fourth-order valence-corrected chi connectivity index (χ4v) is 3.26. The first-order chi connectivity index (χ1) is 9.25. The lowest BCUT2D eigenvalue weighted by Gasteiger charge is -2.21. The molecule has 1 unspecified atom stereocenters. The summed E-state index contributed by atoms with van der Waals surface area (Å²) in [4.78, 5) is 25.1. The average molecular weight is 271 g/mol. The lowest BCUT2D eigenvalue weighted by atomic mass is 9.93. The van der Waals surface area contributed by atoms with Crippen LogP contribution in [0.4, 0.5) is 0 Å². The van der Waals surface area contributed by atoms with Crippen LogP contribution >= 0.6 is 11.3 Å². The topological polar surface area (TPSA) is 46.2 Å². The van der Waals surface area contributed by atoms with Crippen molar-refractivity contribution >= 4 is 23.0 Å². The number of nitrogens with one attached hydrogen (secondary N) is 1. The van der Waals surface area contributed by atoms with Gasteiger partial charge in [-0.15, -0.1) is 11.3 Å². The fraction of sp³-hybridized carbons (Fsp3) is 0.200. The Morgan fingerprint density at radius 1 is 1.21 bits per heavy atom. The first-order valence-corrected chi connectivity index (χ1v) is 7.10. The molecule has 0 aliphatic heterocycles. The normalized spacial score (nSPS) is 17.9. The lowest BCUT2D eigenvalue weighted by molar-refractivity contribution is 0.0848. The molecule has 0 spiro atoms. The van der Waals surface area contributed by atoms with Crippen molar-refractivity contribution in [1.29, 1.82) is 0 Å². The highest BCUT2D eigenvalue weighted by atomic mass is 32.1. The van der Waals surface area contributed by atoms with Gasteiger partial charge >= 0.3 is 0 Å². The van der Waals surface area contributed by atoms with E-state index in [0.29, 0.717) is 12.0 Å². The van der Waals surface area contributed by atoms with Crippen molar-refractivity contribution in [2.24, 2.45) is 0 Å². The van der Waals surface area contributed by atoms with Gasteiger partial charge in [-0.05, 0) is 42.0 Å². The van der Waals surface area contributed by atoms with Crippen LogP contribution in [0.25, 0.3) is 0 Å². The van der Waals surface area contributed by atoms with Crippen LogP contribution < -0.4 is 5.32 Å². The summed E-state index contributed by atoms with van der Waals surface area (Å²) in [5, 5.41) is 4.77. The number of ketones is 1. The number of hydrogen-bond donors (Lipinski definition) is 1. The third kappa shape index (κ3) is 2.31. The Balaban J connectivity index is 1.75. The van der Waals surface area contributed by atoms with Crippen molar-refractivity contribution in [1.82, 2.24) is 5.32 Å². The number of fused-ring (bicyclic) bond motifs is 1. The molecule has 1 aliphatic carbocycles. The van der Waals surface area contributed by atoms with Crippen molar-refractivity contribution in [3.63, 3.8) is 0 Å². The number of hydrogen-bond acceptors (Lipinski definition) is 3. The summed E-state index contributed by atoms with van der Waals surface area (Å²) >= 11 is 1.46. The molecule has 4 heteroatoms. The Morgan fingerprint density at radius 2 is 2.00 bits per heavy atom. The molecule has 0 saturated carbocycles. The molecule has 1 amide bonds. The summed E-state index contributed by atoms with van der Waals surface area (Å²) in [5.74, 6) is -0.139. The van der Waals surface area contributed by atoms with Crippen LogP contribution in [0.2, 0.25) is 0 Å². The van der Waals surface area contributed by atoms with Crippen LogP contribution in [-0.4, -0.2) is 17.7 Å². The van der Waals surface area contributed by atoms with Crippen LogP contribution in [0.15, 0.2) is 41.8 Å². The van der Waals surface area contributed by atoms with Crippen LogP contribution in [0.1, 0.15) is 32.0 Å². The maximum atomic E-state index is 12.2. The highest BCUT2D eigenvalue weighted by Gasteiger charge is 2.29. The summed E-state index contributed by atoms with van der Waals surface area (Å²) in [6.45, 7) is 0. The Morgan fingerprint density at radius 3 is 2.79 bits per heavy atom. The second-order valence-corrected chi connectivity index (χ2v) is 5.49. The van der Waals surface area contributed by atoms with Crippen LogP contribution in [-0.2, 0) is 6.42 Å². The first-order valence-electron chi connectivity index (χ1n) is 6.22. The zero-order valence-electron chi connectivity index (χ0n) is 10.3. The maximum absolute atomic E-state index is 12.2. The van der Waals surface area contributed by atoms with E-state index in [0.717, 1.165) is 16.9 Å². The van der Waals surface area contributed by atoms with Gasteiger partial charge in [-0.3, -0.25) is 9.59 Å². The minimum absolute atomic E-state index is 0.0422. The maximum Gasteiger partial charge on any atom is 0.251 e. The summed E-state index contributed by atoms with van der Waals surface area (Å²) in [6, 6.07) is 10.6. The lowest BCUT2D eigenvalue weighted by Crippen LogP contribution is -2.43. The van der Waals surface area contributed by atoms with Gasteiger partial charge in [0.2, 0.25) is 0 Å². The molecule has 0 fully saturated rings. The van der Waals surface area contributed by atoms with E-state index >= 15 is 0 Å². The van der Waals surface area contributed by atoms with Gasteiger partial charge in [0.05, 0.1) is 10.9 Å². The molecular formula is C15H13NO2S. The number of Topliss-reactive ketones (excluding diaryl/α,β-unsaturated/α-hetero) is 1. The molecule has 1 N–H and O–H groups in total. The summed E-state index contributed by atoms with van der Waals surface area (Å²) in [5.41, 5.74) is 1.70. The first kappa shape index (κ1) is 12.1. The highest BCUT2D eigenvalue weighted by Crippen LogP contribution is 2.26. The Labute approximate surface area is 115 Å². The molecular weight excluding hydrogens is 258 g/mol. The van der Waals surface area contributed by atoms with E-state index in [9.17, 15) is 9.59 Å². The van der Waals surface area contributed by atoms with E-state index in [1.165, 1.54) is 11.3 Å². The average Bonchev–Trinajstić information content (AvgIpc) is 2.92. The number of carbonyl (C=O) groups is 2. The van der Waals surface area contributed by atoms with Gasteiger partial charge in [0.25, 0.3) is 5.91 Å². The SMILES string of the molecule is O=C(NC1CCc2ccsc2C1=O)c1ccccc1. The molecule has 19 heavy (non-hydrogen) atoms. The Kier molecular flexibility index (Phi) is 3.17. The number of aryl methyl sites for hydroxylation is 1. The summed E-state index contributed by atoms with van der Waals surface area (Å²) < 4.78 is 0. The van der Waals surface area contributed by atoms with E-state index in [4.69, 9.17) is 0 Å². The van der Waals surface area contributed by atoms with Gasteiger partial charge in [0.15, 0.2) is 5.78 Å². The molecule has 1 aromatic carbocycles. The Bertz CT molecular complexity index is 618. The number of thiophene rings is 1. The highest BCUT2D eigenvalue weighted by molar-refractivity contribution is 7.12. The third-order valence-corrected chi connectivity index (χ3v) is 4.30. The van der Waals surface area contributed by atoms with Crippen molar-refractivity contribution in [2.45, 2.75) is 18.9 Å². The monoisotopic (exact) mass is 271 g/mol. The second kappa shape index (κ2) is 4.97. The summed E-state index contributed by atoms with van der Waals surface area (Å²) in [6.07, 6.45) is 1.53. The van der Waals surface area contributed by atoms with Gasteiger partial charge in [-0.2, -0.15) is 0 Å². The van der Waals surface area contributed by atoms with Crippen molar-refractivity contribution in [3.05, 3.63) is 57.8 Å². The largest absolute Gasteiger partial charge is 0.342 e. The minimum atomic E-state index is -0.390. The zero-order valence-corrected chi connectivity index (χ0v) is 11.1. The van der Waals surface area contributed by atoms with E-state index in [1.54, 1.807) is 12.1 Å². The van der Waals surface area contributed by atoms with Gasteiger partial charge in [0, 0.05) is 5.56 Å². The van der Waals surface area contributed by atoms with E-state index in [2.05, 4.69) is 5.32 Å². The number of benzene rings is 1. The molecule has 1 heterocycles. The number of rotatable bonds is 2. The third-order valence-electron chi connectivity index (χ3n) is 3.33. The summed E-state index contributed by atoms with van der Waals surface area (Å²) in [7, 11) is 0. The van der Waals surface area contributed by atoms with Crippen molar-refractivity contribution < 1.29 is 9.59 Å².